The van der Waals surface area contributed by atoms with Gasteiger partial charge in [0.1, 0.15) is 0 Å². The Hall–Kier alpha value is -1.39. The van der Waals surface area contributed by atoms with Crippen LogP contribution in [0.5, 0.6) is 0 Å². The van der Waals surface area contributed by atoms with Crippen molar-refractivity contribution in [1.29, 1.82) is 0 Å². The summed E-state index contributed by atoms with van der Waals surface area (Å²) in [5.74, 6) is -0.831. The van der Waals surface area contributed by atoms with Crippen LogP contribution in [0.25, 0.3) is 0 Å². The molecule has 18 heavy (non-hydrogen) atoms. The molecule has 0 radical (unpaired) electrons. The largest absolute Gasteiger partial charge is 0.326 e. The van der Waals surface area contributed by atoms with Crippen molar-refractivity contribution < 1.29 is 9.59 Å². The van der Waals surface area contributed by atoms with Gasteiger partial charge in [0.15, 0.2) is 0 Å². The summed E-state index contributed by atoms with van der Waals surface area (Å²) in [5, 5.41) is 2.90. The molecule has 2 rings (SSSR count). The van der Waals surface area contributed by atoms with E-state index in [1.807, 2.05) is 13.0 Å². The van der Waals surface area contributed by atoms with E-state index in [2.05, 4.69) is 5.32 Å². The smallest absolute Gasteiger partial charge is 0.234 e. The van der Waals surface area contributed by atoms with Crippen LogP contribution in [0.1, 0.15) is 35.4 Å². The predicted octanol–water partition coefficient (Wildman–Crippen LogP) is 1.63. The van der Waals surface area contributed by atoms with Crippen LogP contribution in [0.4, 0.5) is 0 Å². The van der Waals surface area contributed by atoms with E-state index in [1.54, 1.807) is 6.07 Å². The third kappa shape index (κ3) is 2.40. The Balaban J connectivity index is 2.39. The van der Waals surface area contributed by atoms with Crippen molar-refractivity contribution in [2.24, 2.45) is 5.73 Å². The van der Waals surface area contributed by atoms with Gasteiger partial charge in [0, 0.05) is 18.0 Å². The SMILES string of the molecule is Cc1cc(CN)cc(Cl)c1C1CCC(=O)NC1=O. The van der Waals surface area contributed by atoms with Gasteiger partial charge < -0.3 is 5.73 Å². The lowest BCUT2D eigenvalue weighted by molar-refractivity contribution is -0.134. The minimum Gasteiger partial charge on any atom is -0.326 e. The number of halogens is 1. The van der Waals surface area contributed by atoms with Gasteiger partial charge in [-0.05, 0) is 36.1 Å². The van der Waals surface area contributed by atoms with Crippen LogP contribution in [0, 0.1) is 6.92 Å². The van der Waals surface area contributed by atoms with E-state index < -0.39 is 0 Å². The number of piperidine rings is 1. The first-order valence-corrected chi connectivity index (χ1v) is 6.23. The molecule has 0 aliphatic carbocycles. The number of nitrogens with two attached hydrogens (primary N) is 1. The summed E-state index contributed by atoms with van der Waals surface area (Å²) >= 11 is 6.23. The molecule has 1 aliphatic heterocycles. The van der Waals surface area contributed by atoms with Gasteiger partial charge in [-0.3, -0.25) is 14.9 Å². The third-order valence-electron chi connectivity index (χ3n) is 3.22. The molecule has 0 aromatic heterocycles. The first-order valence-electron chi connectivity index (χ1n) is 5.85. The second-order valence-electron chi connectivity index (χ2n) is 4.52. The number of benzene rings is 1. The number of carbonyl (C=O) groups is 2. The molecule has 1 atom stereocenters. The van der Waals surface area contributed by atoms with Crippen molar-refractivity contribution in [3.63, 3.8) is 0 Å². The molecule has 1 saturated heterocycles. The Morgan fingerprint density at radius 2 is 2.17 bits per heavy atom. The zero-order chi connectivity index (χ0) is 13.3. The molecule has 1 heterocycles. The summed E-state index contributed by atoms with van der Waals surface area (Å²) < 4.78 is 0. The Labute approximate surface area is 110 Å². The van der Waals surface area contributed by atoms with E-state index in [9.17, 15) is 9.59 Å². The van der Waals surface area contributed by atoms with Gasteiger partial charge >= 0.3 is 0 Å². The van der Waals surface area contributed by atoms with Crippen LogP contribution in [0.3, 0.4) is 0 Å². The highest BCUT2D eigenvalue weighted by Gasteiger charge is 2.30. The Kier molecular flexibility index (Phi) is 3.68. The van der Waals surface area contributed by atoms with Crippen molar-refractivity contribution in [2.45, 2.75) is 32.2 Å². The van der Waals surface area contributed by atoms with Gasteiger partial charge in [-0.1, -0.05) is 17.7 Å². The number of nitrogens with one attached hydrogen (secondary N) is 1. The molecule has 1 fully saturated rings. The number of imide groups is 1. The van der Waals surface area contributed by atoms with Gasteiger partial charge in [-0.2, -0.15) is 0 Å². The van der Waals surface area contributed by atoms with E-state index in [1.165, 1.54) is 0 Å². The fourth-order valence-electron chi connectivity index (χ4n) is 2.35. The van der Waals surface area contributed by atoms with Gasteiger partial charge in [0.05, 0.1) is 5.92 Å². The highest BCUT2D eigenvalue weighted by atomic mass is 35.5. The van der Waals surface area contributed by atoms with E-state index >= 15 is 0 Å². The van der Waals surface area contributed by atoms with Crippen LogP contribution in [0.15, 0.2) is 12.1 Å². The second-order valence-corrected chi connectivity index (χ2v) is 4.92. The van der Waals surface area contributed by atoms with Crippen LogP contribution < -0.4 is 11.1 Å². The summed E-state index contributed by atoms with van der Waals surface area (Å²) in [6, 6.07) is 3.72. The molecule has 1 unspecified atom stereocenters. The molecule has 4 nitrogen and oxygen atoms in total. The summed E-state index contributed by atoms with van der Waals surface area (Å²) in [7, 11) is 0. The fourth-order valence-corrected chi connectivity index (χ4v) is 2.78. The van der Waals surface area contributed by atoms with Gasteiger partial charge in [0.25, 0.3) is 0 Å². The molecule has 3 N–H and O–H groups in total. The number of aryl methyl sites for hydroxylation is 1. The third-order valence-corrected chi connectivity index (χ3v) is 3.53. The van der Waals surface area contributed by atoms with Gasteiger partial charge in [-0.15, -0.1) is 0 Å². The molecule has 96 valence electrons. The molecule has 1 aromatic rings. The normalized spacial score (nSPS) is 19.8. The highest BCUT2D eigenvalue weighted by molar-refractivity contribution is 6.32. The molecular formula is C13H15ClN2O2. The van der Waals surface area contributed by atoms with Crippen molar-refractivity contribution in [3.8, 4) is 0 Å². The van der Waals surface area contributed by atoms with Crippen molar-refractivity contribution in [1.82, 2.24) is 5.32 Å². The van der Waals surface area contributed by atoms with Crippen molar-refractivity contribution in [3.05, 3.63) is 33.8 Å². The quantitative estimate of drug-likeness (QED) is 0.799. The molecule has 0 spiro atoms. The van der Waals surface area contributed by atoms with Crippen molar-refractivity contribution >= 4 is 23.4 Å². The number of hydrogen-bond donors (Lipinski definition) is 2. The monoisotopic (exact) mass is 266 g/mol. The second kappa shape index (κ2) is 5.08. The van der Waals surface area contributed by atoms with Crippen LogP contribution >= 0.6 is 11.6 Å². The molecule has 1 aliphatic rings. The average Bonchev–Trinajstić information content (AvgIpc) is 2.30. The maximum Gasteiger partial charge on any atom is 0.234 e. The fraction of sp³-hybridized carbons (Fsp3) is 0.385. The first-order chi connectivity index (χ1) is 8.52. The molecule has 1 aromatic carbocycles. The van der Waals surface area contributed by atoms with E-state index in [4.69, 9.17) is 17.3 Å². The van der Waals surface area contributed by atoms with Gasteiger partial charge in [-0.25, -0.2) is 0 Å². The maximum absolute atomic E-state index is 11.8. The zero-order valence-corrected chi connectivity index (χ0v) is 10.9. The molecule has 0 bridgehead atoms. The molecule has 2 amide bonds. The Morgan fingerprint density at radius 1 is 1.44 bits per heavy atom. The Morgan fingerprint density at radius 3 is 2.72 bits per heavy atom. The lowest BCUT2D eigenvalue weighted by Gasteiger charge is -2.24. The zero-order valence-electron chi connectivity index (χ0n) is 10.1. The summed E-state index contributed by atoms with van der Waals surface area (Å²) in [4.78, 5) is 23.0. The summed E-state index contributed by atoms with van der Waals surface area (Å²) in [6.45, 7) is 2.32. The lowest BCUT2D eigenvalue weighted by Crippen LogP contribution is -2.39. The Bertz CT molecular complexity index is 491. The number of carbonyl (C=O) groups excluding carboxylic acids is 2. The summed E-state index contributed by atoms with van der Waals surface area (Å²) in [6.07, 6.45) is 0.859. The maximum atomic E-state index is 11.8. The van der Waals surface area contributed by atoms with Crippen LogP contribution in [-0.4, -0.2) is 11.8 Å². The molecular weight excluding hydrogens is 252 g/mol. The number of amides is 2. The topological polar surface area (TPSA) is 72.2 Å². The van der Waals surface area contributed by atoms with Crippen LogP contribution in [0.2, 0.25) is 5.02 Å². The lowest BCUT2D eigenvalue weighted by atomic mass is 9.87. The number of rotatable bonds is 2. The first kappa shape index (κ1) is 13.1. The predicted molar refractivity (Wildman–Crippen MR) is 69.2 cm³/mol. The van der Waals surface area contributed by atoms with E-state index in [-0.39, 0.29) is 17.7 Å². The molecule has 5 heteroatoms. The average molecular weight is 267 g/mol. The molecule has 0 saturated carbocycles. The van der Waals surface area contributed by atoms with E-state index in [0.717, 1.165) is 16.7 Å². The van der Waals surface area contributed by atoms with Gasteiger partial charge in [0.2, 0.25) is 11.8 Å². The van der Waals surface area contributed by atoms with Crippen molar-refractivity contribution in [2.75, 3.05) is 0 Å². The van der Waals surface area contributed by atoms with E-state index in [0.29, 0.717) is 24.4 Å². The number of hydrogen-bond acceptors (Lipinski definition) is 3. The summed E-state index contributed by atoms with van der Waals surface area (Å²) in [5.41, 5.74) is 8.26. The minimum absolute atomic E-state index is 0.219. The standard InChI is InChI=1S/C13H15ClN2O2/c1-7-4-8(6-15)5-10(14)12(7)9-2-3-11(17)16-13(9)18/h4-5,9H,2-3,6,15H2,1H3,(H,16,17,18). The highest BCUT2D eigenvalue weighted by Crippen LogP contribution is 2.33. The minimum atomic E-state index is -0.345. The van der Waals surface area contributed by atoms with Crippen LogP contribution in [-0.2, 0) is 16.1 Å².